The Kier molecular flexibility index (Phi) is 4.65. The molecule has 2 N–H and O–H groups in total. The van der Waals surface area contributed by atoms with Gasteiger partial charge in [0.25, 0.3) is 0 Å². The van der Waals surface area contributed by atoms with E-state index in [2.05, 4.69) is 15.6 Å². The van der Waals surface area contributed by atoms with Gasteiger partial charge in [0, 0.05) is 42.2 Å². The maximum atomic E-state index is 4.85. The lowest BCUT2D eigenvalue weighted by molar-refractivity contribution is 0.447. The van der Waals surface area contributed by atoms with Gasteiger partial charge in [0.05, 0.1) is 5.69 Å². The minimum Gasteiger partial charge on any atom is -0.340 e. The number of benzene rings is 1. The Hall–Kier alpha value is -2.79. The minimum absolute atomic E-state index is 0.354. The Balaban J connectivity index is 1.72. The molecule has 5 nitrogen and oxygen atoms in total. The zero-order valence-electron chi connectivity index (χ0n) is 14.0. The van der Waals surface area contributed by atoms with E-state index in [0.29, 0.717) is 5.92 Å². The number of hydrogen-bond donors (Lipinski definition) is 2. The summed E-state index contributed by atoms with van der Waals surface area (Å²) in [5, 5.41) is 6.86. The summed E-state index contributed by atoms with van der Waals surface area (Å²) in [6.45, 7) is 2.01. The molecule has 5 heteroatoms. The Bertz CT molecular complexity index is 814. The number of rotatable bonds is 4. The molecule has 3 heterocycles. The van der Waals surface area contributed by atoms with E-state index in [0.717, 1.165) is 54.5 Å². The maximum Gasteiger partial charge on any atom is 0.135 e. The van der Waals surface area contributed by atoms with Gasteiger partial charge in [-0.3, -0.25) is 4.98 Å². The van der Waals surface area contributed by atoms with E-state index in [1.807, 2.05) is 48.5 Å². The Morgan fingerprint density at radius 2 is 1.84 bits per heavy atom. The van der Waals surface area contributed by atoms with Crippen molar-refractivity contribution in [3.63, 3.8) is 0 Å². The summed E-state index contributed by atoms with van der Waals surface area (Å²) in [4.78, 5) is 13.8. The molecule has 4 rings (SSSR count). The molecule has 0 radical (unpaired) electrons. The monoisotopic (exact) mass is 331 g/mol. The van der Waals surface area contributed by atoms with E-state index in [4.69, 9.17) is 9.97 Å². The van der Waals surface area contributed by atoms with Crippen molar-refractivity contribution in [2.24, 2.45) is 0 Å². The van der Waals surface area contributed by atoms with E-state index >= 15 is 0 Å². The molecule has 0 bridgehead atoms. The highest BCUT2D eigenvalue weighted by atomic mass is 15.0. The number of hydrogen-bond acceptors (Lipinski definition) is 5. The number of piperidine rings is 1. The fourth-order valence-electron chi connectivity index (χ4n) is 3.12. The van der Waals surface area contributed by atoms with Gasteiger partial charge in [0.2, 0.25) is 0 Å². The van der Waals surface area contributed by atoms with Gasteiger partial charge in [-0.2, -0.15) is 0 Å². The van der Waals surface area contributed by atoms with Gasteiger partial charge >= 0.3 is 0 Å². The fraction of sp³-hybridized carbons (Fsp3) is 0.250. The molecule has 1 atom stereocenters. The summed E-state index contributed by atoms with van der Waals surface area (Å²) in [7, 11) is 0. The molecule has 0 spiro atoms. The molecule has 1 saturated heterocycles. The highest BCUT2D eigenvalue weighted by Crippen LogP contribution is 2.27. The lowest BCUT2D eigenvalue weighted by atomic mass is 9.98. The van der Waals surface area contributed by atoms with E-state index in [9.17, 15) is 0 Å². The van der Waals surface area contributed by atoms with Gasteiger partial charge in [0.15, 0.2) is 0 Å². The van der Waals surface area contributed by atoms with Gasteiger partial charge in [-0.1, -0.05) is 18.2 Å². The third-order valence-corrected chi connectivity index (χ3v) is 4.43. The number of para-hydroxylation sites is 1. The van der Waals surface area contributed by atoms with Crippen LogP contribution in [-0.4, -0.2) is 28.0 Å². The highest BCUT2D eigenvalue weighted by Gasteiger charge is 2.19. The van der Waals surface area contributed by atoms with Crippen LogP contribution in [0.2, 0.25) is 0 Å². The van der Waals surface area contributed by atoms with Crippen LogP contribution < -0.4 is 10.6 Å². The summed E-state index contributed by atoms with van der Waals surface area (Å²) in [5.41, 5.74) is 3.00. The van der Waals surface area contributed by atoms with Crippen LogP contribution in [0.15, 0.2) is 60.9 Å². The number of aromatic nitrogens is 3. The van der Waals surface area contributed by atoms with Crippen molar-refractivity contribution in [2.75, 3.05) is 18.4 Å². The molecule has 1 aliphatic heterocycles. The minimum atomic E-state index is 0.354. The van der Waals surface area contributed by atoms with Gasteiger partial charge in [-0.05, 0) is 43.7 Å². The van der Waals surface area contributed by atoms with Crippen molar-refractivity contribution < 1.29 is 0 Å². The van der Waals surface area contributed by atoms with Crippen LogP contribution in [0.25, 0.3) is 11.3 Å². The van der Waals surface area contributed by atoms with Gasteiger partial charge < -0.3 is 10.6 Å². The number of nitrogens with one attached hydrogen (secondary N) is 2. The van der Waals surface area contributed by atoms with Crippen LogP contribution in [0.1, 0.15) is 24.6 Å². The molecule has 1 aliphatic rings. The predicted molar refractivity (Wildman–Crippen MR) is 99.8 cm³/mol. The number of nitrogens with zero attached hydrogens (tertiary/aromatic N) is 3. The quantitative estimate of drug-likeness (QED) is 0.762. The molecular weight excluding hydrogens is 310 g/mol. The summed E-state index contributed by atoms with van der Waals surface area (Å²) in [6.07, 6.45) is 5.87. The molecule has 126 valence electrons. The van der Waals surface area contributed by atoms with Gasteiger partial charge in [-0.25, -0.2) is 9.97 Å². The first kappa shape index (κ1) is 15.7. The Morgan fingerprint density at radius 1 is 1.00 bits per heavy atom. The predicted octanol–water partition coefficient (Wildman–Crippen LogP) is 3.75. The first-order valence-electron chi connectivity index (χ1n) is 8.71. The standard InChI is InChI=1S/C20H21N5/c1-2-6-17(7-3-1)23-19-13-18(15-8-11-21-12-9-15)24-20(25-19)16-5-4-10-22-14-16/h1-3,6-9,11-13,16,22H,4-5,10,14H2,(H,23,24,25)/t16-/m0/s1. The second-order valence-electron chi connectivity index (χ2n) is 6.27. The van der Waals surface area contributed by atoms with Crippen molar-refractivity contribution in [2.45, 2.75) is 18.8 Å². The SMILES string of the molecule is c1ccc(Nc2cc(-c3ccncc3)nc([C@H]3CCCNC3)n2)cc1. The van der Waals surface area contributed by atoms with Crippen molar-refractivity contribution in [1.29, 1.82) is 0 Å². The zero-order chi connectivity index (χ0) is 16.9. The van der Waals surface area contributed by atoms with Crippen LogP contribution in [0.4, 0.5) is 11.5 Å². The Morgan fingerprint density at radius 3 is 2.60 bits per heavy atom. The average molecular weight is 331 g/mol. The number of pyridine rings is 1. The molecule has 0 aliphatic carbocycles. The number of anilines is 2. The van der Waals surface area contributed by atoms with Crippen molar-refractivity contribution >= 4 is 11.5 Å². The lowest BCUT2D eigenvalue weighted by Gasteiger charge is -2.22. The topological polar surface area (TPSA) is 62.7 Å². The van der Waals surface area contributed by atoms with Gasteiger partial charge in [-0.15, -0.1) is 0 Å². The van der Waals surface area contributed by atoms with E-state index in [-0.39, 0.29) is 0 Å². The normalized spacial score (nSPS) is 17.2. The molecule has 3 aromatic rings. The smallest absolute Gasteiger partial charge is 0.135 e. The summed E-state index contributed by atoms with van der Waals surface area (Å²) in [6, 6.07) is 16.1. The molecular formula is C20H21N5. The van der Waals surface area contributed by atoms with Crippen molar-refractivity contribution in [1.82, 2.24) is 20.3 Å². The van der Waals surface area contributed by atoms with Crippen LogP contribution >= 0.6 is 0 Å². The third kappa shape index (κ3) is 3.83. The van der Waals surface area contributed by atoms with Crippen LogP contribution in [0, 0.1) is 0 Å². The van der Waals surface area contributed by atoms with E-state index in [1.54, 1.807) is 12.4 Å². The first-order valence-corrected chi connectivity index (χ1v) is 8.71. The van der Waals surface area contributed by atoms with Crippen LogP contribution in [-0.2, 0) is 0 Å². The molecule has 0 amide bonds. The zero-order valence-corrected chi connectivity index (χ0v) is 14.0. The Labute approximate surface area is 147 Å². The summed E-state index contributed by atoms with van der Waals surface area (Å²) in [5.74, 6) is 2.08. The van der Waals surface area contributed by atoms with Crippen molar-refractivity contribution in [3.05, 3.63) is 66.7 Å². The second-order valence-corrected chi connectivity index (χ2v) is 6.27. The van der Waals surface area contributed by atoms with Gasteiger partial charge in [0.1, 0.15) is 11.6 Å². The van der Waals surface area contributed by atoms with Crippen LogP contribution in [0.3, 0.4) is 0 Å². The lowest BCUT2D eigenvalue weighted by Crippen LogP contribution is -2.29. The molecule has 1 fully saturated rings. The third-order valence-electron chi connectivity index (χ3n) is 4.43. The van der Waals surface area contributed by atoms with E-state index in [1.165, 1.54) is 0 Å². The molecule has 0 unspecified atom stereocenters. The summed E-state index contributed by atoms with van der Waals surface area (Å²) >= 11 is 0. The largest absolute Gasteiger partial charge is 0.340 e. The molecule has 0 saturated carbocycles. The molecule has 25 heavy (non-hydrogen) atoms. The summed E-state index contributed by atoms with van der Waals surface area (Å²) < 4.78 is 0. The fourth-order valence-corrected chi connectivity index (χ4v) is 3.12. The first-order chi connectivity index (χ1) is 12.4. The second kappa shape index (κ2) is 7.40. The van der Waals surface area contributed by atoms with E-state index < -0.39 is 0 Å². The molecule has 2 aromatic heterocycles. The van der Waals surface area contributed by atoms with Crippen LogP contribution in [0.5, 0.6) is 0 Å². The molecule has 1 aromatic carbocycles. The van der Waals surface area contributed by atoms with Crippen molar-refractivity contribution in [3.8, 4) is 11.3 Å². The maximum absolute atomic E-state index is 4.85. The average Bonchev–Trinajstić information content (AvgIpc) is 2.70. The highest BCUT2D eigenvalue weighted by molar-refractivity contribution is 5.65.